The van der Waals surface area contributed by atoms with Crippen LogP contribution in [0.5, 0.6) is 0 Å². The van der Waals surface area contributed by atoms with Crippen LogP contribution < -0.4 is 0 Å². The summed E-state index contributed by atoms with van der Waals surface area (Å²) in [7, 11) is 0. The predicted molar refractivity (Wildman–Crippen MR) is 69.0 cm³/mol. The second-order valence-corrected chi connectivity index (χ2v) is 6.15. The zero-order chi connectivity index (χ0) is 11.7. The van der Waals surface area contributed by atoms with Gasteiger partial charge < -0.3 is 5.11 Å². The van der Waals surface area contributed by atoms with Gasteiger partial charge in [0.1, 0.15) is 0 Å². The molecule has 3 aliphatic rings. The van der Waals surface area contributed by atoms with Gasteiger partial charge in [-0.1, -0.05) is 6.42 Å². The standard InChI is InChI=1S/C14H26N2O/c17-14-5-4-12(10-14)16-9-6-13(11-16)15-7-2-1-3-8-15/h12-14,17H,1-11H2. The molecule has 17 heavy (non-hydrogen) atoms. The Morgan fingerprint density at radius 2 is 1.59 bits per heavy atom. The fourth-order valence-corrected chi connectivity index (χ4v) is 3.95. The van der Waals surface area contributed by atoms with Gasteiger partial charge in [-0.2, -0.15) is 0 Å². The van der Waals surface area contributed by atoms with E-state index in [4.69, 9.17) is 0 Å². The van der Waals surface area contributed by atoms with Gasteiger partial charge in [0.15, 0.2) is 0 Å². The van der Waals surface area contributed by atoms with E-state index in [-0.39, 0.29) is 6.10 Å². The van der Waals surface area contributed by atoms with E-state index in [1.165, 1.54) is 58.3 Å². The molecular weight excluding hydrogens is 212 g/mol. The summed E-state index contributed by atoms with van der Waals surface area (Å²) < 4.78 is 0. The molecule has 1 N–H and O–H groups in total. The van der Waals surface area contributed by atoms with Crippen molar-refractivity contribution in [2.24, 2.45) is 0 Å². The van der Waals surface area contributed by atoms with Crippen molar-refractivity contribution in [1.29, 1.82) is 0 Å². The third kappa shape index (κ3) is 2.67. The SMILES string of the molecule is OC1CCC(N2CCC(N3CCCCC3)C2)C1. The summed E-state index contributed by atoms with van der Waals surface area (Å²) in [6.45, 7) is 5.17. The van der Waals surface area contributed by atoms with Crippen molar-refractivity contribution in [1.82, 2.24) is 9.80 Å². The lowest BCUT2D eigenvalue weighted by Crippen LogP contribution is -2.42. The minimum Gasteiger partial charge on any atom is -0.393 e. The molecule has 3 rings (SSSR count). The summed E-state index contributed by atoms with van der Waals surface area (Å²) in [6, 6.07) is 1.49. The molecule has 0 bridgehead atoms. The number of piperidine rings is 1. The molecular formula is C14H26N2O. The van der Waals surface area contributed by atoms with Crippen molar-refractivity contribution in [2.45, 2.75) is 63.1 Å². The first-order valence-electron chi connectivity index (χ1n) is 7.49. The summed E-state index contributed by atoms with van der Waals surface area (Å²) in [5.41, 5.74) is 0. The third-order valence-corrected chi connectivity index (χ3v) is 5.00. The molecule has 1 aliphatic carbocycles. The molecule has 3 unspecified atom stereocenters. The molecule has 0 aromatic rings. The average molecular weight is 238 g/mol. The first-order chi connectivity index (χ1) is 8.33. The lowest BCUT2D eigenvalue weighted by molar-refractivity contribution is 0.141. The molecule has 0 aromatic carbocycles. The van der Waals surface area contributed by atoms with Crippen LogP contribution in [0.3, 0.4) is 0 Å². The monoisotopic (exact) mass is 238 g/mol. The fourth-order valence-electron chi connectivity index (χ4n) is 3.95. The fraction of sp³-hybridized carbons (Fsp3) is 1.00. The van der Waals surface area contributed by atoms with Gasteiger partial charge in [-0.25, -0.2) is 0 Å². The maximum Gasteiger partial charge on any atom is 0.0555 e. The zero-order valence-electron chi connectivity index (χ0n) is 10.9. The van der Waals surface area contributed by atoms with Crippen LogP contribution in [0, 0.1) is 0 Å². The van der Waals surface area contributed by atoms with E-state index in [1.54, 1.807) is 0 Å². The highest BCUT2D eigenvalue weighted by Gasteiger charge is 2.35. The summed E-state index contributed by atoms with van der Waals surface area (Å²) in [6.07, 6.45) is 8.83. The molecule has 0 amide bonds. The summed E-state index contributed by atoms with van der Waals surface area (Å²) in [5, 5.41) is 9.64. The number of aliphatic hydroxyl groups excluding tert-OH is 1. The third-order valence-electron chi connectivity index (χ3n) is 5.00. The van der Waals surface area contributed by atoms with E-state index in [0.717, 1.165) is 18.9 Å². The number of hydrogen-bond acceptors (Lipinski definition) is 3. The quantitative estimate of drug-likeness (QED) is 0.789. The summed E-state index contributed by atoms with van der Waals surface area (Å²) in [4.78, 5) is 5.37. The van der Waals surface area contributed by atoms with E-state index in [0.29, 0.717) is 6.04 Å². The van der Waals surface area contributed by atoms with Crippen LogP contribution in [0.25, 0.3) is 0 Å². The van der Waals surface area contributed by atoms with Crippen LogP contribution in [0.15, 0.2) is 0 Å². The summed E-state index contributed by atoms with van der Waals surface area (Å²) >= 11 is 0. The molecule has 0 radical (unpaired) electrons. The molecule has 2 heterocycles. The first kappa shape index (κ1) is 11.9. The molecule has 2 aliphatic heterocycles. The van der Waals surface area contributed by atoms with Crippen LogP contribution >= 0.6 is 0 Å². The van der Waals surface area contributed by atoms with E-state index in [2.05, 4.69) is 9.80 Å². The molecule has 3 heteroatoms. The molecule has 0 spiro atoms. The molecule has 3 nitrogen and oxygen atoms in total. The number of rotatable bonds is 2. The van der Waals surface area contributed by atoms with Crippen molar-refractivity contribution < 1.29 is 5.11 Å². The Morgan fingerprint density at radius 3 is 2.29 bits per heavy atom. The minimum atomic E-state index is -0.0194. The predicted octanol–water partition coefficient (Wildman–Crippen LogP) is 1.46. The van der Waals surface area contributed by atoms with E-state index in [1.807, 2.05) is 0 Å². The highest BCUT2D eigenvalue weighted by atomic mass is 16.3. The Hall–Kier alpha value is -0.120. The maximum atomic E-state index is 9.64. The van der Waals surface area contributed by atoms with Gasteiger partial charge in [-0.15, -0.1) is 0 Å². The van der Waals surface area contributed by atoms with Crippen molar-refractivity contribution in [3.8, 4) is 0 Å². The van der Waals surface area contributed by atoms with E-state index in [9.17, 15) is 5.11 Å². The van der Waals surface area contributed by atoms with Crippen molar-refractivity contribution >= 4 is 0 Å². The van der Waals surface area contributed by atoms with Gasteiger partial charge in [0, 0.05) is 25.2 Å². The van der Waals surface area contributed by atoms with Gasteiger partial charge >= 0.3 is 0 Å². The van der Waals surface area contributed by atoms with Crippen LogP contribution in [-0.2, 0) is 0 Å². The average Bonchev–Trinajstić information content (AvgIpc) is 2.98. The lowest BCUT2D eigenvalue weighted by Gasteiger charge is -2.33. The number of likely N-dealkylation sites (tertiary alicyclic amines) is 2. The Balaban J connectivity index is 1.51. The van der Waals surface area contributed by atoms with Crippen molar-refractivity contribution in [2.75, 3.05) is 26.2 Å². The molecule has 3 atom stereocenters. The van der Waals surface area contributed by atoms with Gasteiger partial charge in [-0.05, 0) is 51.6 Å². The van der Waals surface area contributed by atoms with E-state index >= 15 is 0 Å². The molecule has 2 saturated heterocycles. The van der Waals surface area contributed by atoms with Crippen molar-refractivity contribution in [3.05, 3.63) is 0 Å². The smallest absolute Gasteiger partial charge is 0.0555 e. The van der Waals surface area contributed by atoms with Crippen LogP contribution in [0.2, 0.25) is 0 Å². The van der Waals surface area contributed by atoms with Crippen LogP contribution in [0.1, 0.15) is 44.9 Å². The van der Waals surface area contributed by atoms with E-state index < -0.39 is 0 Å². The number of nitrogens with zero attached hydrogens (tertiary/aromatic N) is 2. The highest BCUT2D eigenvalue weighted by molar-refractivity contribution is 4.91. The number of hydrogen-bond donors (Lipinski definition) is 1. The van der Waals surface area contributed by atoms with Gasteiger partial charge in [0.2, 0.25) is 0 Å². The highest BCUT2D eigenvalue weighted by Crippen LogP contribution is 2.29. The van der Waals surface area contributed by atoms with Gasteiger partial charge in [0.05, 0.1) is 6.10 Å². The molecule has 1 saturated carbocycles. The van der Waals surface area contributed by atoms with Gasteiger partial charge in [0.25, 0.3) is 0 Å². The normalized spacial score (nSPS) is 41.1. The van der Waals surface area contributed by atoms with Crippen molar-refractivity contribution in [3.63, 3.8) is 0 Å². The van der Waals surface area contributed by atoms with Gasteiger partial charge in [-0.3, -0.25) is 9.80 Å². The lowest BCUT2D eigenvalue weighted by atomic mass is 10.1. The zero-order valence-corrected chi connectivity index (χ0v) is 10.9. The topological polar surface area (TPSA) is 26.7 Å². The first-order valence-corrected chi connectivity index (χ1v) is 7.49. The molecule has 3 fully saturated rings. The number of aliphatic hydroxyl groups is 1. The maximum absolute atomic E-state index is 9.64. The molecule has 0 aromatic heterocycles. The Morgan fingerprint density at radius 1 is 0.765 bits per heavy atom. The Labute approximate surface area is 105 Å². The molecule has 98 valence electrons. The second-order valence-electron chi connectivity index (χ2n) is 6.15. The van der Waals surface area contributed by atoms with Crippen LogP contribution in [0.4, 0.5) is 0 Å². The minimum absolute atomic E-state index is 0.0194. The van der Waals surface area contributed by atoms with Crippen LogP contribution in [-0.4, -0.2) is 59.3 Å². The Kier molecular flexibility index (Phi) is 3.69. The Bertz CT molecular complexity index is 242. The summed E-state index contributed by atoms with van der Waals surface area (Å²) in [5.74, 6) is 0. The second kappa shape index (κ2) is 5.25. The largest absolute Gasteiger partial charge is 0.393 e.